The molecular formula is C27H26ClN5O4. The molecule has 190 valence electrons. The summed E-state index contributed by atoms with van der Waals surface area (Å²) in [5.41, 5.74) is 1.30. The Morgan fingerprint density at radius 3 is 2.68 bits per heavy atom. The normalized spacial score (nSPS) is 17.4. The van der Waals surface area contributed by atoms with Gasteiger partial charge in [0.05, 0.1) is 34.7 Å². The van der Waals surface area contributed by atoms with Gasteiger partial charge in [-0.3, -0.25) is 9.59 Å². The second-order valence-corrected chi connectivity index (χ2v) is 9.25. The summed E-state index contributed by atoms with van der Waals surface area (Å²) in [6.07, 6.45) is 4.67. The maximum atomic E-state index is 13.5. The Bertz CT molecular complexity index is 1420. The van der Waals surface area contributed by atoms with Crippen LogP contribution in [0.5, 0.6) is 11.5 Å². The van der Waals surface area contributed by atoms with Crippen molar-refractivity contribution in [2.24, 2.45) is 0 Å². The average Bonchev–Trinajstić information content (AvgIpc) is 3.34. The lowest BCUT2D eigenvalue weighted by Gasteiger charge is -2.30. The van der Waals surface area contributed by atoms with Crippen molar-refractivity contribution >= 4 is 40.1 Å². The minimum Gasteiger partial charge on any atom is -0.457 e. The van der Waals surface area contributed by atoms with Crippen molar-refractivity contribution in [3.63, 3.8) is 0 Å². The lowest BCUT2D eigenvalue weighted by atomic mass is 10.0. The van der Waals surface area contributed by atoms with E-state index < -0.39 is 0 Å². The Labute approximate surface area is 218 Å². The van der Waals surface area contributed by atoms with E-state index in [1.54, 1.807) is 24.4 Å². The van der Waals surface area contributed by atoms with Gasteiger partial charge in [-0.15, -0.1) is 0 Å². The van der Waals surface area contributed by atoms with Crippen molar-refractivity contribution in [3.05, 3.63) is 77.2 Å². The highest BCUT2D eigenvalue weighted by Crippen LogP contribution is 2.32. The fraction of sp³-hybridized carbons (Fsp3) is 0.259. The SMILES string of the molecule is CC(=O)NC[C@@H]1CC[C@@H](Nc2ncnc3[nH]cc(C(=O)c4ccc(Oc5ccccc5)cc4Cl)c23)CO1. The van der Waals surface area contributed by atoms with Gasteiger partial charge in [0, 0.05) is 31.3 Å². The zero-order chi connectivity index (χ0) is 25.8. The van der Waals surface area contributed by atoms with E-state index in [-0.39, 0.29) is 28.9 Å². The van der Waals surface area contributed by atoms with Gasteiger partial charge < -0.3 is 25.1 Å². The Hall–Kier alpha value is -3.95. The lowest BCUT2D eigenvalue weighted by Crippen LogP contribution is -2.40. The van der Waals surface area contributed by atoms with Crippen molar-refractivity contribution in [1.29, 1.82) is 0 Å². The highest BCUT2D eigenvalue weighted by Gasteiger charge is 2.25. The Morgan fingerprint density at radius 1 is 1.11 bits per heavy atom. The molecule has 0 saturated carbocycles. The topological polar surface area (TPSA) is 118 Å². The summed E-state index contributed by atoms with van der Waals surface area (Å²) < 4.78 is 11.7. The van der Waals surface area contributed by atoms with Crippen LogP contribution in [0, 0.1) is 0 Å². The quantitative estimate of drug-likeness (QED) is 0.288. The fourth-order valence-corrected chi connectivity index (χ4v) is 4.55. The second-order valence-electron chi connectivity index (χ2n) is 8.85. The molecule has 1 aliphatic heterocycles. The van der Waals surface area contributed by atoms with Gasteiger partial charge in [-0.1, -0.05) is 29.8 Å². The number of aromatic amines is 1. The Morgan fingerprint density at radius 2 is 1.95 bits per heavy atom. The molecule has 0 unspecified atom stereocenters. The summed E-state index contributed by atoms with van der Waals surface area (Å²) in [5, 5.41) is 7.07. The first-order valence-corrected chi connectivity index (χ1v) is 12.4. The van der Waals surface area contributed by atoms with Crippen molar-refractivity contribution in [2.45, 2.75) is 31.9 Å². The maximum absolute atomic E-state index is 13.5. The molecule has 1 fully saturated rings. The molecule has 37 heavy (non-hydrogen) atoms. The summed E-state index contributed by atoms with van der Waals surface area (Å²) in [5.74, 6) is 1.43. The summed E-state index contributed by atoms with van der Waals surface area (Å²) >= 11 is 6.51. The molecule has 0 aliphatic carbocycles. The maximum Gasteiger partial charge on any atom is 0.216 e. The summed E-state index contributed by atoms with van der Waals surface area (Å²) in [6, 6.07) is 14.3. The molecule has 2 aromatic carbocycles. The van der Waals surface area contributed by atoms with E-state index in [1.165, 1.54) is 13.3 Å². The number of carbonyl (C=O) groups excluding carboxylic acids is 2. The zero-order valence-corrected chi connectivity index (χ0v) is 20.9. The monoisotopic (exact) mass is 519 g/mol. The van der Waals surface area contributed by atoms with Gasteiger partial charge >= 0.3 is 0 Å². The number of ketones is 1. The number of ether oxygens (including phenoxy) is 2. The number of para-hydroxylation sites is 1. The molecule has 4 aromatic rings. The fourth-order valence-electron chi connectivity index (χ4n) is 4.30. The van der Waals surface area contributed by atoms with E-state index in [1.807, 2.05) is 30.3 Å². The van der Waals surface area contributed by atoms with Crippen LogP contribution in [-0.2, 0) is 9.53 Å². The van der Waals surface area contributed by atoms with E-state index in [2.05, 4.69) is 25.6 Å². The largest absolute Gasteiger partial charge is 0.457 e. The molecular weight excluding hydrogens is 494 g/mol. The van der Waals surface area contributed by atoms with Crippen molar-refractivity contribution in [3.8, 4) is 11.5 Å². The second kappa shape index (κ2) is 11.0. The van der Waals surface area contributed by atoms with Gasteiger partial charge in [0.25, 0.3) is 0 Å². The van der Waals surface area contributed by atoms with Crippen LogP contribution < -0.4 is 15.4 Å². The molecule has 2 atom stereocenters. The Kier molecular flexibility index (Phi) is 7.34. The number of nitrogens with zero attached hydrogens (tertiary/aromatic N) is 2. The first-order valence-electron chi connectivity index (χ1n) is 12.0. The first kappa shape index (κ1) is 24.7. The van der Waals surface area contributed by atoms with Crippen molar-refractivity contribution < 1.29 is 19.1 Å². The van der Waals surface area contributed by atoms with Crippen LogP contribution in [-0.4, -0.2) is 51.9 Å². The molecule has 9 nitrogen and oxygen atoms in total. The van der Waals surface area contributed by atoms with Crippen LogP contribution in [0.2, 0.25) is 5.02 Å². The minimum absolute atomic E-state index is 0.00235. The minimum atomic E-state index is -0.254. The van der Waals surface area contributed by atoms with Crippen molar-refractivity contribution in [2.75, 3.05) is 18.5 Å². The molecule has 5 rings (SSSR count). The van der Waals surface area contributed by atoms with Crippen LogP contribution in [0.15, 0.2) is 61.1 Å². The Balaban J connectivity index is 1.33. The number of rotatable bonds is 8. The number of carbonyl (C=O) groups is 2. The predicted octanol–water partition coefficient (Wildman–Crippen LogP) is 4.73. The van der Waals surface area contributed by atoms with E-state index in [9.17, 15) is 9.59 Å². The number of hydrogen-bond acceptors (Lipinski definition) is 7. The molecule has 0 spiro atoms. The number of halogens is 1. The smallest absolute Gasteiger partial charge is 0.216 e. The van der Waals surface area contributed by atoms with Gasteiger partial charge in [0.15, 0.2) is 5.78 Å². The highest BCUT2D eigenvalue weighted by atomic mass is 35.5. The van der Waals surface area contributed by atoms with E-state index in [4.69, 9.17) is 21.1 Å². The number of aromatic nitrogens is 3. The summed E-state index contributed by atoms with van der Waals surface area (Å²) in [6.45, 7) is 2.44. The predicted molar refractivity (Wildman–Crippen MR) is 140 cm³/mol. The van der Waals surface area contributed by atoms with Crippen LogP contribution >= 0.6 is 11.6 Å². The molecule has 1 aliphatic rings. The van der Waals surface area contributed by atoms with Gasteiger partial charge in [0.1, 0.15) is 29.3 Å². The van der Waals surface area contributed by atoms with E-state index in [0.717, 1.165) is 12.8 Å². The van der Waals surface area contributed by atoms with Gasteiger partial charge in [0.2, 0.25) is 5.91 Å². The molecule has 3 N–H and O–H groups in total. The molecule has 0 radical (unpaired) electrons. The highest BCUT2D eigenvalue weighted by molar-refractivity contribution is 6.35. The van der Waals surface area contributed by atoms with Crippen LogP contribution in [0.3, 0.4) is 0 Å². The molecule has 1 saturated heterocycles. The van der Waals surface area contributed by atoms with Crippen LogP contribution in [0.4, 0.5) is 5.82 Å². The zero-order valence-electron chi connectivity index (χ0n) is 20.2. The number of hydrogen-bond donors (Lipinski definition) is 3. The molecule has 10 heteroatoms. The van der Waals surface area contributed by atoms with Crippen LogP contribution in [0.25, 0.3) is 11.0 Å². The summed E-state index contributed by atoms with van der Waals surface area (Å²) in [4.78, 5) is 36.5. The van der Waals surface area contributed by atoms with E-state index in [0.29, 0.717) is 52.6 Å². The number of nitrogens with one attached hydrogen (secondary N) is 3. The van der Waals surface area contributed by atoms with E-state index >= 15 is 0 Å². The molecule has 2 aromatic heterocycles. The van der Waals surface area contributed by atoms with Crippen LogP contribution in [0.1, 0.15) is 35.7 Å². The first-order chi connectivity index (χ1) is 18.0. The van der Waals surface area contributed by atoms with Gasteiger partial charge in [-0.2, -0.15) is 0 Å². The third kappa shape index (κ3) is 5.73. The van der Waals surface area contributed by atoms with Gasteiger partial charge in [-0.05, 0) is 37.1 Å². The number of H-pyrrole nitrogens is 1. The average molecular weight is 520 g/mol. The number of fused-ring (bicyclic) bond motifs is 1. The summed E-state index contributed by atoms with van der Waals surface area (Å²) in [7, 11) is 0. The third-order valence-corrected chi connectivity index (χ3v) is 6.48. The molecule has 3 heterocycles. The molecule has 0 bridgehead atoms. The molecule has 1 amide bonds. The number of amides is 1. The third-order valence-electron chi connectivity index (χ3n) is 6.17. The number of anilines is 1. The van der Waals surface area contributed by atoms with Gasteiger partial charge in [-0.25, -0.2) is 9.97 Å². The number of benzene rings is 2. The van der Waals surface area contributed by atoms with Crippen molar-refractivity contribution in [1.82, 2.24) is 20.3 Å². The lowest BCUT2D eigenvalue weighted by molar-refractivity contribution is -0.119. The standard InChI is InChI=1S/C27H26ClN5O4/c1-16(34)29-12-20-8-7-17(14-36-20)33-27-24-22(13-30-26(24)31-15-32-27)25(35)21-10-9-19(11-23(21)28)37-18-5-3-2-4-6-18/h2-6,9-11,13,15,17,20H,7-8,12,14H2,1H3,(H,29,34)(H2,30,31,32,33)/t17-,20+/m1/s1.